The highest BCUT2D eigenvalue weighted by molar-refractivity contribution is 5.80. The van der Waals surface area contributed by atoms with Crippen LogP contribution in [0.2, 0.25) is 0 Å². The Morgan fingerprint density at radius 1 is 0.895 bits per heavy atom. The molecule has 0 aliphatic carbocycles. The molecule has 38 heavy (non-hydrogen) atoms. The molecule has 10 nitrogen and oxygen atoms in total. The van der Waals surface area contributed by atoms with Crippen molar-refractivity contribution < 1.29 is 43.2 Å². The summed E-state index contributed by atoms with van der Waals surface area (Å²) in [5.41, 5.74) is 4.88. The van der Waals surface area contributed by atoms with Crippen LogP contribution in [-0.4, -0.2) is 47.4 Å². The minimum Gasteiger partial charge on any atom is -0.480 e. The molecule has 214 valence electrons. The van der Waals surface area contributed by atoms with Crippen LogP contribution in [0.15, 0.2) is 18.2 Å². The molecule has 0 aliphatic rings. The summed E-state index contributed by atoms with van der Waals surface area (Å²) in [6, 6.07) is 4.48. The van der Waals surface area contributed by atoms with Crippen LogP contribution < -0.4 is 15.2 Å². The predicted molar refractivity (Wildman–Crippen MR) is 141 cm³/mol. The number of rotatable bonds is 16. The molecule has 0 saturated heterocycles. The first-order valence-corrected chi connectivity index (χ1v) is 13.3. The number of carboxylic acids is 1. The van der Waals surface area contributed by atoms with Gasteiger partial charge in [0.25, 0.3) is 0 Å². The molecule has 1 aromatic rings. The van der Waals surface area contributed by atoms with Gasteiger partial charge in [-0.2, -0.15) is 0 Å². The fourth-order valence-electron chi connectivity index (χ4n) is 3.88. The topological polar surface area (TPSA) is 151 Å². The van der Waals surface area contributed by atoms with E-state index in [9.17, 15) is 24.3 Å². The van der Waals surface area contributed by atoms with E-state index in [1.165, 1.54) is 19.1 Å². The van der Waals surface area contributed by atoms with Gasteiger partial charge in [0.2, 0.25) is 0 Å². The highest BCUT2D eigenvalue weighted by atomic mass is 16.7. The van der Waals surface area contributed by atoms with Crippen molar-refractivity contribution in [1.29, 1.82) is 0 Å². The van der Waals surface area contributed by atoms with Crippen molar-refractivity contribution in [3.8, 4) is 11.5 Å². The molecule has 0 saturated carbocycles. The van der Waals surface area contributed by atoms with Gasteiger partial charge in [-0.25, -0.2) is 4.79 Å². The average molecular weight is 538 g/mol. The molecule has 10 heteroatoms. The molecule has 1 aromatic carbocycles. The first kappa shape index (κ1) is 32.9. The van der Waals surface area contributed by atoms with Crippen LogP contribution in [0.1, 0.15) is 85.6 Å². The molecule has 0 aliphatic heterocycles. The SMILES string of the molecule is CCCOC(=O)O[C@@H](C)CC(N)(Cc1ccc(OC(=O)C(C)CCC)c(OC(=O)C(C)CCC)c1)C(=O)O. The standard InChI is InChI=1S/C28H43NO9/c1-7-10-18(4)24(30)37-22-13-12-21(15-23(22)38-25(31)19(5)11-8-2)17-28(29,26(32)33)16-20(6)36-27(34)35-14-9-3/h12-13,15,18-20H,7-11,14,16-17,29H2,1-6H3,(H,32,33)/t18?,19?,20-,28?/m0/s1. The fourth-order valence-corrected chi connectivity index (χ4v) is 3.88. The third kappa shape index (κ3) is 10.7. The van der Waals surface area contributed by atoms with Gasteiger partial charge in [0, 0.05) is 12.8 Å². The quantitative estimate of drug-likeness (QED) is 0.217. The van der Waals surface area contributed by atoms with Gasteiger partial charge >= 0.3 is 24.1 Å². The monoisotopic (exact) mass is 537 g/mol. The summed E-state index contributed by atoms with van der Waals surface area (Å²) >= 11 is 0. The molecule has 4 atom stereocenters. The number of nitrogens with two attached hydrogens (primary N) is 1. The number of hydrogen-bond acceptors (Lipinski definition) is 9. The van der Waals surface area contributed by atoms with Crippen molar-refractivity contribution in [3.05, 3.63) is 23.8 Å². The smallest absolute Gasteiger partial charge is 0.480 e. The van der Waals surface area contributed by atoms with Gasteiger partial charge in [-0.3, -0.25) is 14.4 Å². The molecule has 0 aromatic heterocycles. The van der Waals surface area contributed by atoms with Crippen molar-refractivity contribution in [3.63, 3.8) is 0 Å². The minimum absolute atomic E-state index is 0.00711. The molecule has 0 fully saturated rings. The van der Waals surface area contributed by atoms with E-state index in [4.69, 9.17) is 24.7 Å². The molecular weight excluding hydrogens is 494 g/mol. The van der Waals surface area contributed by atoms with Crippen molar-refractivity contribution in [2.45, 2.75) is 98.1 Å². The lowest BCUT2D eigenvalue weighted by molar-refractivity contribution is -0.145. The fraction of sp³-hybridized carbons (Fsp3) is 0.643. The first-order chi connectivity index (χ1) is 17.9. The maximum Gasteiger partial charge on any atom is 0.508 e. The Bertz CT molecular complexity index is 948. The number of benzene rings is 1. The lowest BCUT2D eigenvalue weighted by Gasteiger charge is -2.28. The van der Waals surface area contributed by atoms with Crippen LogP contribution in [0.5, 0.6) is 11.5 Å². The van der Waals surface area contributed by atoms with Crippen molar-refractivity contribution in [2.75, 3.05) is 6.61 Å². The third-order valence-corrected chi connectivity index (χ3v) is 6.00. The van der Waals surface area contributed by atoms with Crippen LogP contribution >= 0.6 is 0 Å². The Morgan fingerprint density at radius 3 is 1.95 bits per heavy atom. The molecule has 0 heterocycles. The largest absolute Gasteiger partial charge is 0.508 e. The Balaban J connectivity index is 3.22. The van der Waals surface area contributed by atoms with Gasteiger partial charge in [0.1, 0.15) is 11.6 Å². The Hall–Kier alpha value is -3.14. The second-order valence-corrected chi connectivity index (χ2v) is 9.87. The number of aliphatic carboxylic acids is 1. The maximum absolute atomic E-state index is 12.7. The molecule has 0 bridgehead atoms. The maximum atomic E-state index is 12.7. The number of ether oxygens (including phenoxy) is 4. The second kappa shape index (κ2) is 16.0. The molecule has 3 N–H and O–H groups in total. The third-order valence-electron chi connectivity index (χ3n) is 6.00. The van der Waals surface area contributed by atoms with E-state index in [-0.39, 0.29) is 42.8 Å². The highest BCUT2D eigenvalue weighted by Gasteiger charge is 2.37. The zero-order chi connectivity index (χ0) is 28.9. The van der Waals surface area contributed by atoms with Crippen LogP contribution in [0.25, 0.3) is 0 Å². The minimum atomic E-state index is -1.81. The number of carbonyl (C=O) groups excluding carboxylic acids is 3. The van der Waals surface area contributed by atoms with Crippen LogP contribution in [0, 0.1) is 11.8 Å². The zero-order valence-electron chi connectivity index (χ0n) is 23.4. The summed E-state index contributed by atoms with van der Waals surface area (Å²) in [6.45, 7) is 11.0. The second-order valence-electron chi connectivity index (χ2n) is 9.87. The molecule has 1 rings (SSSR count). The summed E-state index contributed by atoms with van der Waals surface area (Å²) in [5, 5.41) is 9.90. The van der Waals surface area contributed by atoms with Crippen LogP contribution in [0.4, 0.5) is 4.79 Å². The van der Waals surface area contributed by atoms with Gasteiger partial charge in [0.15, 0.2) is 11.5 Å². The van der Waals surface area contributed by atoms with Crippen LogP contribution in [0.3, 0.4) is 0 Å². The Morgan fingerprint density at radius 2 is 1.45 bits per heavy atom. The van der Waals surface area contributed by atoms with E-state index < -0.39 is 35.7 Å². The van der Waals surface area contributed by atoms with Gasteiger partial charge in [-0.15, -0.1) is 0 Å². The van der Waals surface area contributed by atoms with Crippen molar-refractivity contribution >= 4 is 24.1 Å². The van der Waals surface area contributed by atoms with E-state index >= 15 is 0 Å². The number of hydrogen-bond donors (Lipinski definition) is 2. The lowest BCUT2D eigenvalue weighted by atomic mass is 9.86. The van der Waals surface area contributed by atoms with E-state index in [1.54, 1.807) is 19.9 Å². The number of carboxylic acid groups (broad SMARTS) is 1. The number of esters is 2. The van der Waals surface area contributed by atoms with E-state index in [1.807, 2.05) is 20.8 Å². The molecular formula is C28H43NO9. The highest BCUT2D eigenvalue weighted by Crippen LogP contribution is 2.32. The van der Waals surface area contributed by atoms with Crippen molar-refractivity contribution in [1.82, 2.24) is 0 Å². The van der Waals surface area contributed by atoms with E-state index in [2.05, 4.69) is 0 Å². The summed E-state index contributed by atoms with van der Waals surface area (Å²) in [7, 11) is 0. The summed E-state index contributed by atoms with van der Waals surface area (Å²) < 4.78 is 21.2. The van der Waals surface area contributed by atoms with Gasteiger partial charge in [-0.1, -0.05) is 53.5 Å². The zero-order valence-corrected chi connectivity index (χ0v) is 23.4. The van der Waals surface area contributed by atoms with Gasteiger partial charge < -0.3 is 29.8 Å². The summed E-state index contributed by atoms with van der Waals surface area (Å²) in [6.07, 6.45) is 1.36. The summed E-state index contributed by atoms with van der Waals surface area (Å²) in [4.78, 5) is 49.1. The Kier molecular flexibility index (Phi) is 13.8. The first-order valence-electron chi connectivity index (χ1n) is 13.3. The molecule has 0 spiro atoms. The van der Waals surface area contributed by atoms with Crippen LogP contribution in [-0.2, 0) is 30.3 Å². The Labute approximate surface area is 225 Å². The lowest BCUT2D eigenvalue weighted by Crippen LogP contribution is -2.52. The van der Waals surface area contributed by atoms with E-state index in [0.29, 0.717) is 24.8 Å². The van der Waals surface area contributed by atoms with Gasteiger partial charge in [-0.05, 0) is 43.9 Å². The molecule has 0 radical (unpaired) electrons. The normalized spacial score (nSPS) is 14.9. The average Bonchev–Trinajstić information content (AvgIpc) is 2.84. The summed E-state index contributed by atoms with van der Waals surface area (Å²) in [5.74, 6) is -2.92. The number of carbonyl (C=O) groups is 4. The molecule has 3 unspecified atom stereocenters. The molecule has 0 amide bonds. The predicted octanol–water partition coefficient (Wildman–Crippen LogP) is 5.04. The van der Waals surface area contributed by atoms with E-state index in [0.717, 1.165) is 12.8 Å². The van der Waals surface area contributed by atoms with Crippen molar-refractivity contribution in [2.24, 2.45) is 17.6 Å². The van der Waals surface area contributed by atoms with Gasteiger partial charge in [0.05, 0.1) is 18.4 Å².